The summed E-state index contributed by atoms with van der Waals surface area (Å²) in [7, 11) is 0. The van der Waals surface area contributed by atoms with Crippen LogP contribution in [-0.4, -0.2) is 86.8 Å². The normalized spacial score (nSPS) is 15.2. The molecule has 5 atom stereocenters. The maximum Gasteiger partial charge on any atom is 0.328 e. The van der Waals surface area contributed by atoms with Crippen LogP contribution in [-0.2, 0) is 30.4 Å². The van der Waals surface area contributed by atoms with Crippen molar-refractivity contribution in [1.29, 1.82) is 0 Å². The van der Waals surface area contributed by atoms with Gasteiger partial charge in [0, 0.05) is 17.1 Å². The van der Waals surface area contributed by atoms with Gasteiger partial charge in [0.05, 0.1) is 25.2 Å². The van der Waals surface area contributed by atoms with E-state index in [1.807, 2.05) is 29.6 Å². The summed E-state index contributed by atoms with van der Waals surface area (Å²) >= 11 is 0. The summed E-state index contributed by atoms with van der Waals surface area (Å²) in [6.45, 7) is 0.217. The predicted molar refractivity (Wildman–Crippen MR) is 126 cm³/mol. The molecule has 5 unspecified atom stereocenters. The minimum atomic E-state index is -1.68. The zero-order valence-electron chi connectivity index (χ0n) is 19.4. The molecule has 36 heavy (non-hydrogen) atoms. The third-order valence-electron chi connectivity index (χ3n) is 5.35. The standard InChI is InChI=1S/C22H30N6O8/c1-10(30)18(21(34)27-16(9-29)22(35)36)28-20(33)15(7-17(24)31)26-19(32)13(23)6-11-8-25-14-5-3-2-4-12(11)14/h2-5,8,10,13,15-16,18,25,29-30H,6-7,9,23H2,1H3,(H2,24,31)(H,26,32)(H,27,34)(H,28,33)(H,35,36). The molecule has 0 radical (unpaired) electrons. The van der Waals surface area contributed by atoms with Gasteiger partial charge in [-0.05, 0) is 25.0 Å². The van der Waals surface area contributed by atoms with E-state index >= 15 is 0 Å². The van der Waals surface area contributed by atoms with E-state index in [0.29, 0.717) is 0 Å². The number of para-hydroxylation sites is 1. The first-order valence-corrected chi connectivity index (χ1v) is 11.0. The number of aromatic nitrogens is 1. The highest BCUT2D eigenvalue weighted by atomic mass is 16.4. The lowest BCUT2D eigenvalue weighted by atomic mass is 10.0. The lowest BCUT2D eigenvalue weighted by molar-refractivity contribution is -0.144. The van der Waals surface area contributed by atoms with E-state index in [0.717, 1.165) is 23.4 Å². The van der Waals surface area contributed by atoms with E-state index in [1.165, 1.54) is 0 Å². The van der Waals surface area contributed by atoms with Crippen molar-refractivity contribution in [1.82, 2.24) is 20.9 Å². The molecule has 14 nitrogen and oxygen atoms in total. The van der Waals surface area contributed by atoms with Crippen molar-refractivity contribution in [3.05, 3.63) is 36.0 Å². The highest BCUT2D eigenvalue weighted by Crippen LogP contribution is 2.18. The van der Waals surface area contributed by atoms with Gasteiger partial charge in [-0.2, -0.15) is 0 Å². The number of amides is 4. The van der Waals surface area contributed by atoms with Crippen molar-refractivity contribution < 1.29 is 39.3 Å². The van der Waals surface area contributed by atoms with Crippen LogP contribution in [0, 0.1) is 0 Å². The van der Waals surface area contributed by atoms with Crippen LogP contribution >= 0.6 is 0 Å². The van der Waals surface area contributed by atoms with E-state index in [4.69, 9.17) is 21.7 Å². The van der Waals surface area contributed by atoms with Gasteiger partial charge in [0.15, 0.2) is 0 Å². The molecule has 2 aromatic rings. The number of H-pyrrole nitrogens is 1. The number of hydrogen-bond acceptors (Lipinski definition) is 8. The topological polar surface area (TPSA) is 250 Å². The molecule has 0 fully saturated rings. The molecule has 11 N–H and O–H groups in total. The fraction of sp³-hybridized carbons (Fsp3) is 0.409. The average molecular weight is 507 g/mol. The number of aliphatic carboxylic acids is 1. The number of carboxylic acid groups (broad SMARTS) is 1. The molecule has 14 heteroatoms. The molecule has 0 aliphatic heterocycles. The summed E-state index contributed by atoms with van der Waals surface area (Å²) in [6.07, 6.45) is -0.332. The van der Waals surface area contributed by atoms with Gasteiger partial charge in [0.2, 0.25) is 23.6 Å². The smallest absolute Gasteiger partial charge is 0.328 e. The molecule has 1 aromatic carbocycles. The highest BCUT2D eigenvalue weighted by molar-refractivity contribution is 5.96. The molecule has 196 valence electrons. The lowest BCUT2D eigenvalue weighted by Gasteiger charge is -2.25. The Labute approximate surface area is 205 Å². The lowest BCUT2D eigenvalue weighted by Crippen LogP contribution is -2.60. The zero-order valence-corrected chi connectivity index (χ0v) is 19.4. The predicted octanol–water partition coefficient (Wildman–Crippen LogP) is -3.17. The Morgan fingerprint density at radius 3 is 2.22 bits per heavy atom. The third-order valence-corrected chi connectivity index (χ3v) is 5.35. The minimum Gasteiger partial charge on any atom is -0.480 e. The molecule has 0 aliphatic carbocycles. The van der Waals surface area contributed by atoms with Crippen molar-refractivity contribution in [3.8, 4) is 0 Å². The number of rotatable bonds is 13. The fourth-order valence-corrected chi connectivity index (χ4v) is 3.43. The fourth-order valence-electron chi connectivity index (χ4n) is 3.43. The number of nitrogens with one attached hydrogen (secondary N) is 4. The van der Waals surface area contributed by atoms with Crippen LogP contribution < -0.4 is 27.4 Å². The number of aromatic amines is 1. The Bertz CT molecular complexity index is 1120. The summed E-state index contributed by atoms with van der Waals surface area (Å²) in [5.41, 5.74) is 12.8. The first-order valence-electron chi connectivity index (χ1n) is 11.0. The van der Waals surface area contributed by atoms with Crippen LogP contribution in [0.15, 0.2) is 30.5 Å². The largest absolute Gasteiger partial charge is 0.480 e. The van der Waals surface area contributed by atoms with Crippen molar-refractivity contribution in [2.45, 2.75) is 50.0 Å². The summed E-state index contributed by atoms with van der Waals surface area (Å²) < 4.78 is 0. The van der Waals surface area contributed by atoms with Gasteiger partial charge < -0.3 is 47.7 Å². The molecule has 0 bridgehead atoms. The summed E-state index contributed by atoms with van der Waals surface area (Å²) in [6, 6.07) is 1.38. The van der Waals surface area contributed by atoms with Gasteiger partial charge in [-0.25, -0.2) is 4.79 Å². The Kier molecular flexibility index (Phi) is 9.90. The minimum absolute atomic E-state index is 0.108. The average Bonchev–Trinajstić information content (AvgIpc) is 3.22. The van der Waals surface area contributed by atoms with Crippen molar-refractivity contribution in [2.75, 3.05) is 6.61 Å². The number of fused-ring (bicyclic) bond motifs is 1. The van der Waals surface area contributed by atoms with Gasteiger partial charge in [-0.3, -0.25) is 19.2 Å². The summed E-state index contributed by atoms with van der Waals surface area (Å²) in [5, 5.41) is 35.3. The van der Waals surface area contributed by atoms with E-state index in [9.17, 15) is 29.1 Å². The summed E-state index contributed by atoms with van der Waals surface area (Å²) in [5.74, 6) is -5.40. The van der Waals surface area contributed by atoms with Crippen LogP contribution in [0.4, 0.5) is 0 Å². The van der Waals surface area contributed by atoms with E-state index in [1.54, 1.807) is 6.20 Å². The molecular weight excluding hydrogens is 476 g/mol. The van der Waals surface area contributed by atoms with E-state index < -0.39 is 72.9 Å². The van der Waals surface area contributed by atoms with Crippen molar-refractivity contribution in [3.63, 3.8) is 0 Å². The number of carbonyl (C=O) groups excluding carboxylic acids is 4. The quantitative estimate of drug-likeness (QED) is 0.133. The number of hydrogen-bond donors (Lipinski definition) is 9. The monoisotopic (exact) mass is 506 g/mol. The number of carboxylic acids is 1. The molecular formula is C22H30N6O8. The molecule has 0 saturated heterocycles. The number of carbonyl (C=O) groups is 5. The van der Waals surface area contributed by atoms with Crippen LogP contribution in [0.2, 0.25) is 0 Å². The zero-order chi connectivity index (χ0) is 27.0. The Morgan fingerprint density at radius 1 is 1.00 bits per heavy atom. The Morgan fingerprint density at radius 2 is 1.64 bits per heavy atom. The third kappa shape index (κ3) is 7.49. The molecule has 2 rings (SSSR count). The number of aliphatic hydroxyl groups is 2. The SMILES string of the molecule is CC(O)C(NC(=O)C(CC(N)=O)NC(=O)C(N)Cc1c[nH]c2ccccc12)C(=O)NC(CO)C(=O)O. The number of benzene rings is 1. The second-order valence-electron chi connectivity index (χ2n) is 8.21. The van der Waals surface area contributed by atoms with Gasteiger partial charge in [0.1, 0.15) is 18.1 Å². The highest BCUT2D eigenvalue weighted by Gasteiger charge is 2.33. The van der Waals surface area contributed by atoms with Gasteiger partial charge >= 0.3 is 5.97 Å². The van der Waals surface area contributed by atoms with Gasteiger partial charge in [-0.1, -0.05) is 18.2 Å². The molecule has 1 aromatic heterocycles. The second-order valence-corrected chi connectivity index (χ2v) is 8.21. The number of aliphatic hydroxyl groups excluding tert-OH is 2. The molecule has 4 amide bonds. The van der Waals surface area contributed by atoms with E-state index in [2.05, 4.69) is 15.6 Å². The van der Waals surface area contributed by atoms with E-state index in [-0.39, 0.29) is 6.42 Å². The maximum atomic E-state index is 12.8. The van der Waals surface area contributed by atoms with Gasteiger partial charge in [0.25, 0.3) is 0 Å². The first kappa shape index (κ1) is 28.2. The van der Waals surface area contributed by atoms with Crippen LogP contribution in [0.3, 0.4) is 0 Å². The Hall–Kier alpha value is -4.01. The summed E-state index contributed by atoms with van der Waals surface area (Å²) in [4.78, 5) is 63.5. The maximum absolute atomic E-state index is 12.8. The number of primary amides is 1. The van der Waals surface area contributed by atoms with Crippen LogP contribution in [0.25, 0.3) is 10.9 Å². The second kappa shape index (κ2) is 12.6. The van der Waals surface area contributed by atoms with Crippen LogP contribution in [0.1, 0.15) is 18.9 Å². The molecule has 0 aliphatic rings. The first-order chi connectivity index (χ1) is 16.9. The number of nitrogens with two attached hydrogens (primary N) is 2. The molecule has 0 spiro atoms. The van der Waals surface area contributed by atoms with Crippen LogP contribution in [0.5, 0.6) is 0 Å². The Balaban J connectivity index is 2.11. The molecule has 1 heterocycles. The van der Waals surface area contributed by atoms with Gasteiger partial charge in [-0.15, -0.1) is 0 Å². The van der Waals surface area contributed by atoms with Crippen molar-refractivity contribution >= 4 is 40.5 Å². The van der Waals surface area contributed by atoms with Crippen molar-refractivity contribution in [2.24, 2.45) is 11.5 Å². The molecule has 0 saturated carbocycles.